The lowest BCUT2D eigenvalue weighted by molar-refractivity contribution is -0.199. The number of hydrogen-bond donors (Lipinski definition) is 1. The van der Waals surface area contributed by atoms with E-state index in [2.05, 4.69) is 44.1 Å². The van der Waals surface area contributed by atoms with Crippen molar-refractivity contribution < 1.29 is 22.7 Å². The van der Waals surface area contributed by atoms with Crippen LogP contribution in [0.1, 0.15) is 117 Å². The summed E-state index contributed by atoms with van der Waals surface area (Å²) in [5.41, 5.74) is 6.41. The summed E-state index contributed by atoms with van der Waals surface area (Å²) < 4.78 is 58.7. The van der Waals surface area contributed by atoms with Crippen LogP contribution in [-0.2, 0) is 0 Å². The molecule has 0 aliphatic heterocycles. The third-order valence-corrected chi connectivity index (χ3v) is 11.9. The summed E-state index contributed by atoms with van der Waals surface area (Å²) in [5.74, 6) is 4.30. The summed E-state index contributed by atoms with van der Waals surface area (Å²) in [5, 5.41) is 11.7. The number of aliphatic hydroxyl groups is 1. The molecule has 45 heavy (non-hydrogen) atoms. The summed E-state index contributed by atoms with van der Waals surface area (Å²) in [6.07, 6.45) is 10.6. The number of aliphatic hydroxyl groups excluding tert-OH is 1. The number of alkyl halides is 4. The lowest BCUT2D eigenvalue weighted by Crippen LogP contribution is -2.39. The molecule has 248 valence electrons. The van der Waals surface area contributed by atoms with Gasteiger partial charge < -0.3 is 5.11 Å². The van der Waals surface area contributed by atoms with Gasteiger partial charge in [0.2, 0.25) is 0 Å². The van der Waals surface area contributed by atoms with E-state index in [0.717, 1.165) is 75.4 Å². The molecule has 5 rings (SSSR count). The Balaban J connectivity index is 1.33. The maximum absolute atomic E-state index is 15.4. The average Bonchev–Trinajstić information content (AvgIpc) is 3.45. The Bertz CT molecular complexity index is 1240. The molecule has 0 aromatic rings. The highest BCUT2D eigenvalue weighted by Gasteiger charge is 2.48. The third-order valence-electron chi connectivity index (χ3n) is 11.9. The molecule has 9 atom stereocenters. The van der Waals surface area contributed by atoms with Gasteiger partial charge in [-0.25, -0.2) is 4.39 Å². The first-order valence-corrected chi connectivity index (χ1v) is 17.8. The molecule has 1 nitrogen and oxygen atoms in total. The van der Waals surface area contributed by atoms with E-state index in [4.69, 9.17) is 0 Å². The van der Waals surface area contributed by atoms with Gasteiger partial charge >= 0.3 is 6.18 Å². The molecular weight excluding hydrogens is 572 g/mol. The maximum Gasteiger partial charge on any atom is 0.392 e. The quantitative estimate of drug-likeness (QED) is 0.177. The second-order valence-corrected chi connectivity index (χ2v) is 15.0. The minimum Gasteiger partial charge on any atom is -0.388 e. The Morgan fingerprint density at radius 2 is 1.78 bits per heavy atom. The molecule has 2 fully saturated rings. The van der Waals surface area contributed by atoms with Crippen molar-refractivity contribution in [1.29, 1.82) is 0 Å². The fourth-order valence-corrected chi connectivity index (χ4v) is 9.32. The van der Waals surface area contributed by atoms with Crippen molar-refractivity contribution in [2.24, 2.45) is 41.4 Å². The standard InChI is InChI=1S/C40H54F4O/c1-25-15-17-34(23-35(25)38-33-14-10-9-13-30(22-33)21-26(2)37(38)28(4)41)39(45)27(3)32-20-19-31(36(24-32)40(42,43)44)18-16-29-11-7-5-6-8-12-29/h16,22,25,28,30-32,34,36-37,39,45H,2-3,7-15,17-21,23-24H2,1,4H3. The van der Waals surface area contributed by atoms with Crippen LogP contribution in [0.3, 0.4) is 0 Å². The first-order valence-electron chi connectivity index (χ1n) is 17.8. The van der Waals surface area contributed by atoms with Crippen LogP contribution in [0.25, 0.3) is 0 Å². The van der Waals surface area contributed by atoms with E-state index in [1.165, 1.54) is 23.1 Å². The minimum atomic E-state index is -4.28. The Morgan fingerprint density at radius 3 is 2.47 bits per heavy atom. The van der Waals surface area contributed by atoms with Crippen LogP contribution in [0.15, 0.2) is 58.7 Å². The molecule has 0 aromatic carbocycles. The van der Waals surface area contributed by atoms with Crippen LogP contribution in [0, 0.1) is 53.3 Å². The van der Waals surface area contributed by atoms with E-state index in [0.29, 0.717) is 37.2 Å². The molecule has 2 saturated carbocycles. The molecule has 0 heterocycles. The third kappa shape index (κ3) is 8.09. The van der Waals surface area contributed by atoms with Gasteiger partial charge in [0.1, 0.15) is 6.17 Å². The molecule has 0 radical (unpaired) electrons. The van der Waals surface area contributed by atoms with E-state index in [1.807, 2.05) is 0 Å². The highest BCUT2D eigenvalue weighted by Crippen LogP contribution is 2.51. The molecule has 0 aromatic heterocycles. The predicted molar refractivity (Wildman–Crippen MR) is 176 cm³/mol. The summed E-state index contributed by atoms with van der Waals surface area (Å²) in [7, 11) is 0. The SMILES string of the molecule is C=C(C1CCC(CC=C2CCC#CCC2)C(C(F)(F)F)C1)C(O)C1CCC(C)C(=C2C3=CC(CCCC3)CC(=C)C2C(C)F)C1. The fraction of sp³-hybridized carbons (Fsp3) is 0.700. The highest BCUT2D eigenvalue weighted by molar-refractivity contribution is 5.46. The van der Waals surface area contributed by atoms with E-state index >= 15 is 4.39 Å². The number of hydrogen-bond acceptors (Lipinski definition) is 1. The van der Waals surface area contributed by atoms with Gasteiger partial charge in [0.05, 0.1) is 12.0 Å². The van der Waals surface area contributed by atoms with Crippen LogP contribution in [0.5, 0.6) is 0 Å². The Labute approximate surface area is 269 Å². The van der Waals surface area contributed by atoms with E-state index in [-0.39, 0.29) is 30.1 Å². The van der Waals surface area contributed by atoms with E-state index < -0.39 is 30.3 Å². The fourth-order valence-electron chi connectivity index (χ4n) is 9.32. The van der Waals surface area contributed by atoms with Crippen LogP contribution in [-0.4, -0.2) is 23.6 Å². The Kier molecular flexibility index (Phi) is 11.3. The summed E-state index contributed by atoms with van der Waals surface area (Å²) in [6.45, 7) is 12.5. The smallest absolute Gasteiger partial charge is 0.388 e. The minimum absolute atomic E-state index is 0.00293. The molecule has 9 unspecified atom stereocenters. The summed E-state index contributed by atoms with van der Waals surface area (Å²) in [6, 6.07) is 0. The van der Waals surface area contributed by atoms with Gasteiger partial charge in [-0.3, -0.25) is 0 Å². The van der Waals surface area contributed by atoms with Gasteiger partial charge in [-0.05, 0) is 137 Å². The van der Waals surface area contributed by atoms with Gasteiger partial charge in [-0.15, -0.1) is 11.8 Å². The second kappa shape index (κ2) is 14.8. The number of halogens is 4. The van der Waals surface area contributed by atoms with Crippen LogP contribution in [0.2, 0.25) is 0 Å². The Hall–Kier alpha value is -2.06. The maximum atomic E-state index is 15.4. The number of fused-ring (bicyclic) bond motifs is 1. The molecule has 0 saturated heterocycles. The zero-order valence-electron chi connectivity index (χ0n) is 27.5. The lowest BCUT2D eigenvalue weighted by Gasteiger charge is -2.41. The average molecular weight is 627 g/mol. The molecule has 0 spiro atoms. The molecule has 0 amide bonds. The van der Waals surface area contributed by atoms with Gasteiger partial charge in [-0.2, -0.15) is 13.2 Å². The summed E-state index contributed by atoms with van der Waals surface area (Å²) in [4.78, 5) is 0. The van der Waals surface area contributed by atoms with E-state index in [9.17, 15) is 18.3 Å². The normalized spacial score (nSPS) is 36.0. The lowest BCUT2D eigenvalue weighted by atomic mass is 9.66. The van der Waals surface area contributed by atoms with Crippen LogP contribution in [0.4, 0.5) is 17.6 Å². The predicted octanol–water partition coefficient (Wildman–Crippen LogP) is 11.2. The Morgan fingerprint density at radius 1 is 1.04 bits per heavy atom. The molecule has 5 aliphatic carbocycles. The first-order chi connectivity index (χ1) is 21.4. The van der Waals surface area contributed by atoms with Crippen LogP contribution >= 0.6 is 0 Å². The monoisotopic (exact) mass is 626 g/mol. The van der Waals surface area contributed by atoms with E-state index in [1.54, 1.807) is 6.92 Å². The van der Waals surface area contributed by atoms with Crippen molar-refractivity contribution in [1.82, 2.24) is 0 Å². The van der Waals surface area contributed by atoms with Gasteiger partial charge in [0.15, 0.2) is 0 Å². The second-order valence-electron chi connectivity index (χ2n) is 15.0. The first kappa shape index (κ1) is 34.3. The highest BCUT2D eigenvalue weighted by atomic mass is 19.4. The largest absolute Gasteiger partial charge is 0.392 e. The number of allylic oxidation sites excluding steroid dienone is 7. The zero-order valence-corrected chi connectivity index (χ0v) is 27.5. The van der Waals surface area contributed by atoms with Gasteiger partial charge in [-0.1, -0.05) is 55.4 Å². The van der Waals surface area contributed by atoms with Gasteiger partial charge in [0, 0.05) is 18.8 Å². The van der Waals surface area contributed by atoms with Crippen molar-refractivity contribution in [2.75, 3.05) is 0 Å². The van der Waals surface area contributed by atoms with Crippen molar-refractivity contribution in [3.63, 3.8) is 0 Å². The zero-order chi connectivity index (χ0) is 32.3. The van der Waals surface area contributed by atoms with Crippen molar-refractivity contribution in [3.8, 4) is 11.8 Å². The van der Waals surface area contributed by atoms with Crippen molar-refractivity contribution >= 4 is 0 Å². The van der Waals surface area contributed by atoms with Crippen molar-refractivity contribution in [2.45, 2.75) is 135 Å². The van der Waals surface area contributed by atoms with Crippen molar-refractivity contribution in [3.05, 3.63) is 58.7 Å². The summed E-state index contributed by atoms with van der Waals surface area (Å²) >= 11 is 0. The topological polar surface area (TPSA) is 20.2 Å². The van der Waals surface area contributed by atoms with Crippen LogP contribution < -0.4 is 0 Å². The molecule has 1 N–H and O–H groups in total. The molecule has 5 heteroatoms. The van der Waals surface area contributed by atoms with Gasteiger partial charge in [0.25, 0.3) is 0 Å². The molecule has 2 bridgehead atoms. The molecule has 5 aliphatic rings. The number of rotatable bonds is 6. The molecular formula is C40H54F4O.